The van der Waals surface area contributed by atoms with Crippen molar-refractivity contribution in [3.8, 4) is 6.07 Å². The predicted molar refractivity (Wildman–Crippen MR) is 56.2 cm³/mol. The minimum atomic E-state index is -0.398. The minimum Gasteiger partial charge on any atom is -0.396 e. The summed E-state index contributed by atoms with van der Waals surface area (Å²) in [5.41, 5.74) is 0. The zero-order chi connectivity index (χ0) is 10.4. The van der Waals surface area contributed by atoms with Gasteiger partial charge in [0.1, 0.15) is 5.38 Å². The zero-order valence-corrected chi connectivity index (χ0v) is 9.08. The molecule has 14 heavy (non-hydrogen) atoms. The molecule has 0 aromatic carbocycles. The molecule has 0 bridgehead atoms. The van der Waals surface area contributed by atoms with Crippen molar-refractivity contribution in [2.75, 3.05) is 19.7 Å². The van der Waals surface area contributed by atoms with Gasteiger partial charge in [-0.25, -0.2) is 0 Å². The van der Waals surface area contributed by atoms with Crippen molar-refractivity contribution in [2.45, 2.75) is 37.1 Å². The number of alkyl halides is 1. The molecule has 0 aromatic rings. The molecule has 4 heteroatoms. The average molecular weight is 217 g/mol. The molecule has 0 saturated carbocycles. The van der Waals surface area contributed by atoms with Crippen LogP contribution in [-0.4, -0.2) is 41.1 Å². The van der Waals surface area contributed by atoms with E-state index in [4.69, 9.17) is 22.0 Å². The van der Waals surface area contributed by atoms with Gasteiger partial charge in [-0.15, -0.1) is 11.6 Å². The first-order chi connectivity index (χ1) is 6.77. The molecule has 1 fully saturated rings. The van der Waals surface area contributed by atoms with Crippen molar-refractivity contribution in [3.63, 3.8) is 0 Å². The maximum absolute atomic E-state index is 8.74. The summed E-state index contributed by atoms with van der Waals surface area (Å²) >= 11 is 5.79. The Labute approximate surface area is 90.3 Å². The molecule has 1 saturated heterocycles. The Hall–Kier alpha value is -0.300. The number of hydrogen-bond donors (Lipinski definition) is 1. The molecule has 2 atom stereocenters. The van der Waals surface area contributed by atoms with E-state index in [1.165, 1.54) is 12.8 Å². The van der Waals surface area contributed by atoms with E-state index in [9.17, 15) is 0 Å². The molecular formula is C10H17ClN2O. The highest BCUT2D eigenvalue weighted by Crippen LogP contribution is 2.21. The highest BCUT2D eigenvalue weighted by Gasteiger charge is 2.25. The summed E-state index contributed by atoms with van der Waals surface area (Å²) in [7, 11) is 0. The van der Waals surface area contributed by atoms with Crippen LogP contribution < -0.4 is 0 Å². The number of aliphatic hydroxyl groups is 1. The molecule has 0 radical (unpaired) electrons. The van der Waals surface area contributed by atoms with Crippen molar-refractivity contribution >= 4 is 11.6 Å². The third kappa shape index (κ3) is 3.45. The minimum absolute atomic E-state index is 0.257. The van der Waals surface area contributed by atoms with Gasteiger partial charge in [0.25, 0.3) is 0 Å². The van der Waals surface area contributed by atoms with Crippen LogP contribution in [-0.2, 0) is 0 Å². The number of hydrogen-bond acceptors (Lipinski definition) is 3. The van der Waals surface area contributed by atoms with Crippen molar-refractivity contribution < 1.29 is 5.11 Å². The second-order valence-corrected chi connectivity index (χ2v) is 4.28. The Morgan fingerprint density at radius 1 is 1.64 bits per heavy atom. The zero-order valence-electron chi connectivity index (χ0n) is 8.32. The van der Waals surface area contributed by atoms with E-state index < -0.39 is 5.38 Å². The van der Waals surface area contributed by atoms with E-state index >= 15 is 0 Å². The lowest BCUT2D eigenvalue weighted by molar-refractivity contribution is 0.220. The van der Waals surface area contributed by atoms with Crippen LogP contribution in [0.4, 0.5) is 0 Å². The van der Waals surface area contributed by atoms with Gasteiger partial charge in [-0.05, 0) is 32.2 Å². The number of likely N-dealkylation sites (tertiary alicyclic amines) is 1. The first-order valence-electron chi connectivity index (χ1n) is 5.16. The second-order valence-electron chi connectivity index (χ2n) is 3.75. The van der Waals surface area contributed by atoms with Crippen LogP contribution in [0.25, 0.3) is 0 Å². The number of nitrogens with zero attached hydrogens (tertiary/aromatic N) is 2. The van der Waals surface area contributed by atoms with E-state index in [0.29, 0.717) is 12.6 Å². The predicted octanol–water partition coefficient (Wildman–Crippen LogP) is 1.35. The summed E-state index contributed by atoms with van der Waals surface area (Å²) in [5, 5.41) is 17.0. The van der Waals surface area contributed by atoms with Crippen LogP contribution in [0.1, 0.15) is 25.7 Å². The normalized spacial score (nSPS) is 24.8. The van der Waals surface area contributed by atoms with Crippen LogP contribution in [0.5, 0.6) is 0 Å². The number of aliphatic hydroxyl groups excluding tert-OH is 1. The highest BCUT2D eigenvalue weighted by atomic mass is 35.5. The van der Waals surface area contributed by atoms with Crippen LogP contribution in [0.15, 0.2) is 0 Å². The summed E-state index contributed by atoms with van der Waals surface area (Å²) in [4.78, 5) is 2.27. The van der Waals surface area contributed by atoms with Crippen molar-refractivity contribution in [2.24, 2.45) is 0 Å². The van der Waals surface area contributed by atoms with Gasteiger partial charge in [-0.2, -0.15) is 5.26 Å². The van der Waals surface area contributed by atoms with Crippen LogP contribution in [0.3, 0.4) is 0 Å². The largest absolute Gasteiger partial charge is 0.396 e. The standard InChI is InChI=1S/C10H17ClN2O/c11-9(7-12)8-13-5-1-3-10(13)4-2-6-14/h9-10,14H,1-6,8H2. The van der Waals surface area contributed by atoms with Gasteiger partial charge < -0.3 is 5.11 Å². The Bertz CT molecular complexity index is 205. The van der Waals surface area contributed by atoms with Crippen molar-refractivity contribution in [1.82, 2.24) is 4.90 Å². The maximum atomic E-state index is 8.74. The third-order valence-corrected chi connectivity index (χ3v) is 2.97. The van der Waals surface area contributed by atoms with Gasteiger partial charge >= 0.3 is 0 Å². The number of halogens is 1. The quantitative estimate of drug-likeness (QED) is 0.706. The summed E-state index contributed by atoms with van der Waals surface area (Å²) in [6, 6.07) is 2.57. The van der Waals surface area contributed by atoms with Crippen LogP contribution in [0.2, 0.25) is 0 Å². The Morgan fingerprint density at radius 2 is 2.43 bits per heavy atom. The van der Waals surface area contributed by atoms with E-state index in [1.807, 2.05) is 6.07 Å². The van der Waals surface area contributed by atoms with Crippen molar-refractivity contribution in [1.29, 1.82) is 5.26 Å². The Morgan fingerprint density at radius 3 is 3.07 bits per heavy atom. The van der Waals surface area contributed by atoms with Gasteiger partial charge in [0.05, 0.1) is 6.07 Å². The molecule has 3 nitrogen and oxygen atoms in total. The SMILES string of the molecule is N#CC(Cl)CN1CCCC1CCCO. The fourth-order valence-corrected chi connectivity index (χ4v) is 2.21. The third-order valence-electron chi connectivity index (χ3n) is 2.73. The highest BCUT2D eigenvalue weighted by molar-refractivity contribution is 6.22. The Balaban J connectivity index is 2.32. The van der Waals surface area contributed by atoms with Gasteiger partial charge in [-0.3, -0.25) is 4.90 Å². The van der Waals surface area contributed by atoms with E-state index in [1.54, 1.807) is 0 Å². The van der Waals surface area contributed by atoms with Crippen LogP contribution >= 0.6 is 11.6 Å². The molecule has 0 amide bonds. The number of rotatable bonds is 5. The summed E-state index contributed by atoms with van der Waals surface area (Å²) in [5.74, 6) is 0. The maximum Gasteiger partial charge on any atom is 0.133 e. The first kappa shape index (κ1) is 11.8. The second kappa shape index (κ2) is 6.23. The first-order valence-corrected chi connectivity index (χ1v) is 5.60. The lowest BCUT2D eigenvalue weighted by atomic mass is 10.1. The summed E-state index contributed by atoms with van der Waals surface area (Å²) < 4.78 is 0. The van der Waals surface area contributed by atoms with Crippen LogP contribution in [0, 0.1) is 11.3 Å². The summed E-state index contributed by atoms with van der Waals surface area (Å²) in [6.07, 6.45) is 4.23. The molecule has 1 N–H and O–H groups in total. The van der Waals surface area contributed by atoms with E-state index in [2.05, 4.69) is 4.90 Å². The number of nitriles is 1. The Kier molecular flexibility index (Phi) is 5.24. The topological polar surface area (TPSA) is 47.3 Å². The molecule has 1 heterocycles. The molecule has 1 aliphatic rings. The molecule has 80 valence electrons. The molecule has 1 rings (SSSR count). The lowest BCUT2D eigenvalue weighted by Gasteiger charge is -2.24. The average Bonchev–Trinajstić information content (AvgIpc) is 2.62. The smallest absolute Gasteiger partial charge is 0.133 e. The molecule has 2 unspecified atom stereocenters. The monoisotopic (exact) mass is 216 g/mol. The fourth-order valence-electron chi connectivity index (χ4n) is 2.04. The van der Waals surface area contributed by atoms with Gasteiger partial charge in [0.2, 0.25) is 0 Å². The molecular weight excluding hydrogens is 200 g/mol. The van der Waals surface area contributed by atoms with Gasteiger partial charge in [-0.1, -0.05) is 0 Å². The molecule has 0 aliphatic carbocycles. The van der Waals surface area contributed by atoms with Gasteiger partial charge in [0.15, 0.2) is 0 Å². The molecule has 0 aromatic heterocycles. The van der Waals surface area contributed by atoms with Gasteiger partial charge in [0, 0.05) is 19.2 Å². The lowest BCUT2D eigenvalue weighted by Crippen LogP contribution is -2.34. The summed E-state index contributed by atoms with van der Waals surface area (Å²) in [6.45, 7) is 1.96. The van der Waals surface area contributed by atoms with E-state index in [0.717, 1.165) is 19.4 Å². The molecule has 1 aliphatic heterocycles. The molecule has 0 spiro atoms. The fraction of sp³-hybridized carbons (Fsp3) is 0.900. The van der Waals surface area contributed by atoms with Crippen molar-refractivity contribution in [3.05, 3.63) is 0 Å². The van der Waals surface area contributed by atoms with E-state index in [-0.39, 0.29) is 6.61 Å².